The van der Waals surface area contributed by atoms with Crippen molar-refractivity contribution in [2.24, 2.45) is 5.92 Å². The van der Waals surface area contributed by atoms with Gasteiger partial charge in [-0.25, -0.2) is 4.98 Å². The molecule has 0 aliphatic carbocycles. The normalized spacial score (nSPS) is 12.9. The average molecular weight is 223 g/mol. The Morgan fingerprint density at radius 2 is 2.25 bits per heavy atom. The third-order valence-electron chi connectivity index (χ3n) is 2.80. The van der Waals surface area contributed by atoms with Crippen molar-refractivity contribution in [1.29, 1.82) is 0 Å². The van der Waals surface area contributed by atoms with Gasteiger partial charge in [0, 0.05) is 25.7 Å². The van der Waals surface area contributed by atoms with Crippen LogP contribution < -0.4 is 5.32 Å². The van der Waals surface area contributed by atoms with Crippen LogP contribution in [0, 0.1) is 5.92 Å². The van der Waals surface area contributed by atoms with E-state index >= 15 is 0 Å². The van der Waals surface area contributed by atoms with E-state index in [0.29, 0.717) is 0 Å². The highest BCUT2D eigenvalue weighted by molar-refractivity contribution is 4.97. The van der Waals surface area contributed by atoms with Crippen LogP contribution in [0.4, 0.5) is 0 Å². The van der Waals surface area contributed by atoms with Crippen molar-refractivity contribution in [2.45, 2.75) is 46.6 Å². The van der Waals surface area contributed by atoms with Gasteiger partial charge in [0.05, 0.1) is 12.0 Å². The van der Waals surface area contributed by atoms with E-state index in [1.807, 2.05) is 6.33 Å². The highest BCUT2D eigenvalue weighted by Crippen LogP contribution is 2.08. The summed E-state index contributed by atoms with van der Waals surface area (Å²) in [4.78, 5) is 4.42. The van der Waals surface area contributed by atoms with Crippen LogP contribution in [0.15, 0.2) is 12.5 Å². The van der Waals surface area contributed by atoms with Gasteiger partial charge in [0.25, 0.3) is 0 Å². The quantitative estimate of drug-likeness (QED) is 0.686. The first kappa shape index (κ1) is 13.2. The monoisotopic (exact) mass is 223 g/mol. The third-order valence-corrected chi connectivity index (χ3v) is 2.80. The van der Waals surface area contributed by atoms with E-state index in [0.717, 1.165) is 32.0 Å². The fraction of sp³-hybridized carbons (Fsp3) is 0.769. The summed E-state index contributed by atoms with van der Waals surface area (Å²) in [6, 6.07) is 0. The number of nitrogens with zero attached hydrogens (tertiary/aromatic N) is 2. The predicted molar refractivity (Wildman–Crippen MR) is 68.5 cm³/mol. The fourth-order valence-corrected chi connectivity index (χ4v) is 1.97. The molecule has 1 aromatic rings. The predicted octanol–water partition coefficient (Wildman–Crippen LogP) is 2.47. The number of likely N-dealkylation sites (N-methyl/N-ethyl adjacent to an activating group) is 1. The molecule has 1 unspecified atom stereocenters. The molecule has 0 aromatic carbocycles. The van der Waals surface area contributed by atoms with Gasteiger partial charge in [0.2, 0.25) is 0 Å². The number of rotatable bonds is 8. The van der Waals surface area contributed by atoms with Crippen LogP contribution in [0.3, 0.4) is 0 Å². The SMILES string of the molecule is CCCC(C)Cn1cnc(CCNCC)c1. The largest absolute Gasteiger partial charge is 0.337 e. The highest BCUT2D eigenvalue weighted by Gasteiger charge is 2.03. The number of aromatic nitrogens is 2. The molecule has 0 fully saturated rings. The van der Waals surface area contributed by atoms with E-state index in [9.17, 15) is 0 Å². The molecule has 92 valence electrons. The molecule has 3 heteroatoms. The number of hydrogen-bond donors (Lipinski definition) is 1. The third kappa shape index (κ3) is 4.79. The second kappa shape index (κ2) is 7.44. The van der Waals surface area contributed by atoms with Crippen molar-refractivity contribution in [3.63, 3.8) is 0 Å². The molecule has 0 saturated carbocycles. The molecule has 1 aromatic heterocycles. The second-order valence-electron chi connectivity index (χ2n) is 4.56. The van der Waals surface area contributed by atoms with Gasteiger partial charge in [-0.3, -0.25) is 0 Å². The molecule has 1 heterocycles. The summed E-state index contributed by atoms with van der Waals surface area (Å²) < 4.78 is 2.22. The van der Waals surface area contributed by atoms with E-state index in [4.69, 9.17) is 0 Å². The zero-order valence-corrected chi connectivity index (χ0v) is 10.9. The van der Waals surface area contributed by atoms with Gasteiger partial charge in [0.1, 0.15) is 0 Å². The van der Waals surface area contributed by atoms with Gasteiger partial charge in [0.15, 0.2) is 0 Å². The highest BCUT2D eigenvalue weighted by atomic mass is 15.0. The van der Waals surface area contributed by atoms with Crippen LogP contribution in [0.2, 0.25) is 0 Å². The molecular formula is C13H25N3. The summed E-state index contributed by atoms with van der Waals surface area (Å²) in [6.45, 7) is 9.84. The summed E-state index contributed by atoms with van der Waals surface area (Å²) in [7, 11) is 0. The van der Waals surface area contributed by atoms with Crippen LogP contribution in [-0.4, -0.2) is 22.6 Å². The lowest BCUT2D eigenvalue weighted by Crippen LogP contribution is -2.16. The molecule has 3 nitrogen and oxygen atoms in total. The molecule has 1 atom stereocenters. The van der Waals surface area contributed by atoms with E-state index < -0.39 is 0 Å². The Morgan fingerprint density at radius 1 is 1.44 bits per heavy atom. The Bertz CT molecular complexity index is 280. The van der Waals surface area contributed by atoms with Crippen LogP contribution in [0.5, 0.6) is 0 Å². The Hall–Kier alpha value is -0.830. The smallest absolute Gasteiger partial charge is 0.0949 e. The first-order valence-corrected chi connectivity index (χ1v) is 6.47. The lowest BCUT2D eigenvalue weighted by atomic mass is 10.1. The molecule has 0 amide bonds. The van der Waals surface area contributed by atoms with Gasteiger partial charge < -0.3 is 9.88 Å². The Balaban J connectivity index is 2.33. The second-order valence-corrected chi connectivity index (χ2v) is 4.56. The van der Waals surface area contributed by atoms with Crippen LogP contribution in [0.1, 0.15) is 39.3 Å². The Kier molecular flexibility index (Phi) is 6.16. The maximum absolute atomic E-state index is 4.42. The Morgan fingerprint density at radius 3 is 2.94 bits per heavy atom. The maximum atomic E-state index is 4.42. The van der Waals surface area contributed by atoms with Crippen LogP contribution >= 0.6 is 0 Å². The van der Waals surface area contributed by atoms with Crippen molar-refractivity contribution in [1.82, 2.24) is 14.9 Å². The van der Waals surface area contributed by atoms with E-state index in [1.165, 1.54) is 18.5 Å². The van der Waals surface area contributed by atoms with Crippen LogP contribution in [-0.2, 0) is 13.0 Å². The molecule has 1 rings (SSSR count). The number of hydrogen-bond acceptors (Lipinski definition) is 2. The average Bonchev–Trinajstić information content (AvgIpc) is 2.66. The lowest BCUT2D eigenvalue weighted by Gasteiger charge is -2.09. The first-order chi connectivity index (χ1) is 7.76. The van der Waals surface area contributed by atoms with Crippen molar-refractivity contribution >= 4 is 0 Å². The Labute approximate surface area is 99.3 Å². The molecule has 0 aliphatic rings. The molecule has 0 spiro atoms. The minimum absolute atomic E-state index is 0.751. The van der Waals surface area contributed by atoms with E-state index in [2.05, 4.69) is 41.8 Å². The summed E-state index contributed by atoms with van der Waals surface area (Å²) in [5.41, 5.74) is 1.20. The topological polar surface area (TPSA) is 29.9 Å². The van der Waals surface area contributed by atoms with Crippen LogP contribution in [0.25, 0.3) is 0 Å². The van der Waals surface area contributed by atoms with Crippen molar-refractivity contribution in [2.75, 3.05) is 13.1 Å². The summed E-state index contributed by atoms with van der Waals surface area (Å²) >= 11 is 0. The maximum Gasteiger partial charge on any atom is 0.0949 e. The van der Waals surface area contributed by atoms with Gasteiger partial charge in [-0.1, -0.05) is 27.2 Å². The van der Waals surface area contributed by atoms with Gasteiger partial charge in [-0.15, -0.1) is 0 Å². The first-order valence-electron chi connectivity index (χ1n) is 6.47. The zero-order chi connectivity index (χ0) is 11.8. The minimum atomic E-state index is 0.751. The summed E-state index contributed by atoms with van der Waals surface area (Å²) in [6.07, 6.45) is 7.74. The molecular weight excluding hydrogens is 198 g/mol. The molecule has 0 radical (unpaired) electrons. The van der Waals surface area contributed by atoms with E-state index in [1.54, 1.807) is 0 Å². The molecule has 0 aliphatic heterocycles. The van der Waals surface area contributed by atoms with E-state index in [-0.39, 0.29) is 0 Å². The van der Waals surface area contributed by atoms with Crippen molar-refractivity contribution in [3.05, 3.63) is 18.2 Å². The summed E-state index contributed by atoms with van der Waals surface area (Å²) in [5.74, 6) is 0.751. The van der Waals surface area contributed by atoms with Gasteiger partial charge in [-0.05, 0) is 18.9 Å². The number of nitrogens with one attached hydrogen (secondary N) is 1. The minimum Gasteiger partial charge on any atom is -0.337 e. The number of imidazole rings is 1. The molecule has 0 bridgehead atoms. The molecule has 16 heavy (non-hydrogen) atoms. The zero-order valence-electron chi connectivity index (χ0n) is 10.9. The van der Waals surface area contributed by atoms with Crippen molar-refractivity contribution < 1.29 is 0 Å². The standard InChI is InChI=1S/C13H25N3/c1-4-6-12(3)9-16-10-13(15-11-16)7-8-14-5-2/h10-12,14H,4-9H2,1-3H3. The fourth-order valence-electron chi connectivity index (χ4n) is 1.97. The molecule has 0 saturated heterocycles. The van der Waals surface area contributed by atoms with Crippen molar-refractivity contribution in [3.8, 4) is 0 Å². The molecule has 1 N–H and O–H groups in total. The van der Waals surface area contributed by atoms with Gasteiger partial charge in [-0.2, -0.15) is 0 Å². The van der Waals surface area contributed by atoms with Gasteiger partial charge >= 0.3 is 0 Å². The lowest BCUT2D eigenvalue weighted by molar-refractivity contribution is 0.445. The summed E-state index contributed by atoms with van der Waals surface area (Å²) in [5, 5.41) is 3.32.